The summed E-state index contributed by atoms with van der Waals surface area (Å²) < 4.78 is 5.49. The average molecular weight is 338 g/mol. The van der Waals surface area contributed by atoms with Crippen LogP contribution in [0.1, 0.15) is 24.3 Å². The lowest BCUT2D eigenvalue weighted by molar-refractivity contribution is -0.121. The maximum absolute atomic E-state index is 12.2. The van der Waals surface area contributed by atoms with Crippen molar-refractivity contribution in [1.29, 1.82) is 0 Å². The first kappa shape index (κ1) is 16.5. The Morgan fingerprint density at radius 3 is 2.76 bits per heavy atom. The summed E-state index contributed by atoms with van der Waals surface area (Å²) in [7, 11) is 0.892. The van der Waals surface area contributed by atoms with Crippen LogP contribution in [-0.2, 0) is 9.53 Å². The highest BCUT2D eigenvalue weighted by Crippen LogP contribution is 2.30. The zero-order valence-corrected chi connectivity index (χ0v) is 14.5. The van der Waals surface area contributed by atoms with Crippen LogP contribution in [0.4, 0.5) is 5.82 Å². The molecule has 0 aliphatic carbocycles. The van der Waals surface area contributed by atoms with E-state index in [1.54, 1.807) is 6.20 Å². The van der Waals surface area contributed by atoms with Crippen molar-refractivity contribution < 1.29 is 9.53 Å². The maximum atomic E-state index is 12.2. The number of hydrogen-bond donors (Lipinski definition) is 2. The number of rotatable bonds is 4. The van der Waals surface area contributed by atoms with Gasteiger partial charge in [-0.05, 0) is 24.3 Å². The first-order valence-corrected chi connectivity index (χ1v) is 9.14. The normalized spacial score (nSPS) is 18.8. The van der Waals surface area contributed by atoms with Crippen LogP contribution in [0.25, 0.3) is 11.0 Å². The lowest BCUT2D eigenvalue weighted by Gasteiger charge is -2.26. The van der Waals surface area contributed by atoms with E-state index >= 15 is 0 Å². The minimum atomic E-state index is 0.0195. The third kappa shape index (κ3) is 3.26. The van der Waals surface area contributed by atoms with Crippen LogP contribution in [0.5, 0.6) is 0 Å². The molecule has 2 N–H and O–H groups in total. The van der Waals surface area contributed by atoms with E-state index in [1.807, 2.05) is 0 Å². The van der Waals surface area contributed by atoms with Crippen molar-refractivity contribution in [3.8, 4) is 0 Å². The van der Waals surface area contributed by atoms with Gasteiger partial charge in [-0.1, -0.05) is 24.4 Å². The molecule has 7 heteroatoms. The fourth-order valence-corrected chi connectivity index (χ4v) is 3.56. The van der Waals surface area contributed by atoms with Gasteiger partial charge in [0.1, 0.15) is 0 Å². The fraction of sp³-hybridized carbons (Fsp3) is 0.500. The molecule has 0 bridgehead atoms. The van der Waals surface area contributed by atoms with Crippen molar-refractivity contribution in [2.75, 3.05) is 31.6 Å². The van der Waals surface area contributed by atoms with Gasteiger partial charge in [0.25, 0.3) is 0 Å². The molecule has 0 saturated carbocycles. The molecule has 25 heavy (non-hydrogen) atoms. The molecule has 1 aromatic carbocycles. The summed E-state index contributed by atoms with van der Waals surface area (Å²) >= 11 is 0. The molecule has 4 rings (SSSR count). The van der Waals surface area contributed by atoms with Gasteiger partial charge in [0, 0.05) is 26.3 Å². The summed E-state index contributed by atoms with van der Waals surface area (Å²) in [5.41, 5.74) is 4.30. The number of ether oxygens (including phenoxy) is 1. The highest BCUT2D eigenvalue weighted by molar-refractivity contribution is 6.55. The number of carbonyl (C=O) groups excluding carboxylic acids is 1. The molecule has 0 atom stereocenters. The third-order valence-corrected chi connectivity index (χ3v) is 5.26. The van der Waals surface area contributed by atoms with E-state index in [9.17, 15) is 4.79 Å². The Balaban J connectivity index is 1.68. The average Bonchev–Trinajstić information content (AvgIpc) is 2.60. The Morgan fingerprint density at radius 2 is 2.08 bits per heavy atom. The van der Waals surface area contributed by atoms with Gasteiger partial charge in [-0.15, -0.1) is 0 Å². The van der Waals surface area contributed by atoms with Crippen molar-refractivity contribution in [3.05, 3.63) is 23.9 Å². The third-order valence-electron chi connectivity index (χ3n) is 5.26. The van der Waals surface area contributed by atoms with E-state index in [1.165, 1.54) is 11.0 Å². The van der Waals surface area contributed by atoms with Crippen molar-refractivity contribution in [2.45, 2.75) is 25.6 Å². The van der Waals surface area contributed by atoms with E-state index in [2.05, 4.69) is 34.6 Å². The van der Waals surface area contributed by atoms with Gasteiger partial charge in [0.2, 0.25) is 5.91 Å². The zero-order chi connectivity index (χ0) is 17.2. The standard InChI is InChI=1S/C18H23BN4O2/c1-19-14-3-2-13(11-4-6-25-7-5-11)16-17(14)22-15(10-21-16)23-18(24)12-8-20-9-12/h2-3,10-12,19-20H,4-9H2,1H3,(H,22,23,24). The molecule has 2 fully saturated rings. The van der Waals surface area contributed by atoms with Crippen LogP contribution >= 0.6 is 0 Å². The van der Waals surface area contributed by atoms with Gasteiger partial charge in [-0.3, -0.25) is 9.78 Å². The Morgan fingerprint density at radius 1 is 1.28 bits per heavy atom. The Kier molecular flexibility index (Phi) is 4.68. The van der Waals surface area contributed by atoms with E-state index in [4.69, 9.17) is 9.72 Å². The summed E-state index contributed by atoms with van der Waals surface area (Å²) in [6.07, 6.45) is 3.74. The predicted octanol–water partition coefficient (Wildman–Crippen LogP) is 0.792. The van der Waals surface area contributed by atoms with Gasteiger partial charge in [-0.2, -0.15) is 0 Å². The second kappa shape index (κ2) is 7.10. The Labute approximate surface area is 148 Å². The van der Waals surface area contributed by atoms with E-state index in [0.29, 0.717) is 11.7 Å². The number of anilines is 1. The topological polar surface area (TPSA) is 76.1 Å². The molecule has 2 aliphatic rings. The fourth-order valence-electron chi connectivity index (χ4n) is 3.56. The summed E-state index contributed by atoms with van der Waals surface area (Å²) in [4.78, 5) is 21.6. The number of fused-ring (bicyclic) bond motifs is 1. The van der Waals surface area contributed by atoms with Gasteiger partial charge < -0.3 is 15.4 Å². The molecule has 2 aromatic rings. The predicted molar refractivity (Wildman–Crippen MR) is 100.0 cm³/mol. The van der Waals surface area contributed by atoms with Gasteiger partial charge in [0.15, 0.2) is 13.1 Å². The number of aromatic nitrogens is 2. The molecule has 0 spiro atoms. The quantitative estimate of drug-likeness (QED) is 0.807. The molecular weight excluding hydrogens is 315 g/mol. The minimum Gasteiger partial charge on any atom is -0.381 e. The largest absolute Gasteiger partial charge is 0.381 e. The molecule has 0 unspecified atom stereocenters. The number of carbonyl (C=O) groups is 1. The van der Waals surface area contributed by atoms with Crippen LogP contribution in [0.3, 0.4) is 0 Å². The Bertz CT molecular complexity index is 788. The molecule has 2 saturated heterocycles. The van der Waals surface area contributed by atoms with Crippen molar-refractivity contribution in [2.24, 2.45) is 5.92 Å². The molecule has 6 nitrogen and oxygen atoms in total. The molecule has 0 radical (unpaired) electrons. The van der Waals surface area contributed by atoms with Crippen LogP contribution in [0, 0.1) is 5.92 Å². The smallest absolute Gasteiger partial charge is 0.231 e. The minimum absolute atomic E-state index is 0.0195. The summed E-state index contributed by atoms with van der Waals surface area (Å²) in [6, 6.07) is 4.35. The van der Waals surface area contributed by atoms with Crippen LogP contribution in [0.15, 0.2) is 18.3 Å². The number of amides is 1. The number of nitrogens with one attached hydrogen (secondary N) is 2. The van der Waals surface area contributed by atoms with Crippen LogP contribution in [0.2, 0.25) is 6.82 Å². The highest BCUT2D eigenvalue weighted by atomic mass is 16.5. The first-order valence-electron chi connectivity index (χ1n) is 9.14. The van der Waals surface area contributed by atoms with E-state index in [0.717, 1.165) is 57.5 Å². The van der Waals surface area contributed by atoms with Crippen molar-refractivity contribution in [3.63, 3.8) is 0 Å². The summed E-state index contributed by atoms with van der Waals surface area (Å²) in [6.45, 7) is 5.20. The van der Waals surface area contributed by atoms with Crippen LogP contribution in [-0.4, -0.2) is 49.5 Å². The van der Waals surface area contributed by atoms with E-state index in [-0.39, 0.29) is 11.8 Å². The van der Waals surface area contributed by atoms with Crippen LogP contribution < -0.4 is 16.1 Å². The monoisotopic (exact) mass is 338 g/mol. The Hall–Kier alpha value is -1.99. The second-order valence-electron chi connectivity index (χ2n) is 6.85. The zero-order valence-electron chi connectivity index (χ0n) is 14.5. The number of benzene rings is 1. The molecule has 1 amide bonds. The molecule has 130 valence electrons. The molecular formula is C18H23BN4O2. The highest BCUT2D eigenvalue weighted by Gasteiger charge is 2.25. The van der Waals surface area contributed by atoms with E-state index < -0.39 is 0 Å². The lowest BCUT2D eigenvalue weighted by atomic mass is 9.71. The first-order chi connectivity index (χ1) is 12.3. The summed E-state index contributed by atoms with van der Waals surface area (Å²) in [5, 5.41) is 6.03. The second-order valence-corrected chi connectivity index (χ2v) is 6.85. The molecule has 2 aliphatic heterocycles. The molecule has 1 aromatic heterocycles. The molecule has 3 heterocycles. The number of nitrogens with zero attached hydrogens (tertiary/aromatic N) is 2. The number of hydrogen-bond acceptors (Lipinski definition) is 5. The SMILES string of the molecule is CBc1ccc(C2CCOCC2)c2ncc(NC(=O)C3CNC3)nc12. The van der Waals surface area contributed by atoms with Crippen molar-refractivity contribution >= 4 is 35.5 Å². The van der Waals surface area contributed by atoms with Gasteiger partial charge in [-0.25, -0.2) is 4.98 Å². The van der Waals surface area contributed by atoms with Crippen molar-refractivity contribution in [1.82, 2.24) is 15.3 Å². The van der Waals surface area contributed by atoms with Gasteiger partial charge in [0.05, 0.1) is 23.1 Å². The summed E-state index contributed by atoms with van der Waals surface area (Å²) in [5.74, 6) is 1.07. The maximum Gasteiger partial charge on any atom is 0.231 e. The van der Waals surface area contributed by atoms with Gasteiger partial charge >= 0.3 is 0 Å². The lowest BCUT2D eigenvalue weighted by Crippen LogP contribution is -2.48.